The lowest BCUT2D eigenvalue weighted by Gasteiger charge is -2.09. The lowest BCUT2D eigenvalue weighted by molar-refractivity contribution is 0.876. The van der Waals surface area contributed by atoms with E-state index in [1.54, 1.807) is 11.3 Å². The van der Waals surface area contributed by atoms with Crippen molar-refractivity contribution in [1.29, 1.82) is 0 Å². The predicted molar refractivity (Wildman–Crippen MR) is 69.5 cm³/mol. The molecule has 78 valence electrons. The second-order valence-corrected chi connectivity index (χ2v) is 5.94. The monoisotopic (exact) mass is 301 g/mol. The molecule has 1 unspecified atom stereocenters. The Bertz CT molecular complexity index is 452. The lowest BCUT2D eigenvalue weighted by Crippen LogP contribution is -2.10. The molecule has 2 aromatic rings. The zero-order chi connectivity index (χ0) is 10.8. The van der Waals surface area contributed by atoms with Gasteiger partial charge in [-0.15, -0.1) is 11.3 Å². The molecule has 1 atom stereocenters. The summed E-state index contributed by atoms with van der Waals surface area (Å²) in [6.45, 7) is 0. The molecule has 15 heavy (non-hydrogen) atoms. The van der Waals surface area contributed by atoms with E-state index in [-0.39, 0.29) is 6.04 Å². The molecule has 0 aliphatic heterocycles. The quantitative estimate of drug-likeness (QED) is 0.883. The fourth-order valence-electron chi connectivity index (χ4n) is 1.35. The number of halogens is 2. The van der Waals surface area contributed by atoms with Crippen molar-refractivity contribution in [2.75, 3.05) is 0 Å². The number of benzene rings is 1. The molecular formula is C11H9BrClNS. The van der Waals surface area contributed by atoms with E-state index in [2.05, 4.69) is 21.3 Å². The largest absolute Gasteiger partial charge is 0.320 e. The van der Waals surface area contributed by atoms with Crippen molar-refractivity contribution in [3.63, 3.8) is 0 Å². The highest BCUT2D eigenvalue weighted by atomic mass is 79.9. The molecule has 4 heteroatoms. The summed E-state index contributed by atoms with van der Waals surface area (Å²) in [5.41, 5.74) is 8.32. The standard InChI is InChI=1S/C11H9BrClNS/c12-10-5-8(6-15-10)11(14)7-1-3-9(13)4-2-7/h1-6,11H,14H2. The molecule has 0 aliphatic rings. The summed E-state index contributed by atoms with van der Waals surface area (Å²) in [6.07, 6.45) is 0. The van der Waals surface area contributed by atoms with Crippen LogP contribution in [0.25, 0.3) is 0 Å². The molecule has 0 spiro atoms. The molecule has 0 saturated carbocycles. The van der Waals surface area contributed by atoms with E-state index in [4.69, 9.17) is 17.3 Å². The van der Waals surface area contributed by atoms with Crippen molar-refractivity contribution in [1.82, 2.24) is 0 Å². The van der Waals surface area contributed by atoms with Gasteiger partial charge in [-0.25, -0.2) is 0 Å². The second kappa shape index (κ2) is 4.66. The number of hydrogen-bond acceptors (Lipinski definition) is 2. The average molecular weight is 303 g/mol. The third-order valence-corrected chi connectivity index (χ3v) is 3.95. The van der Waals surface area contributed by atoms with E-state index < -0.39 is 0 Å². The summed E-state index contributed by atoms with van der Waals surface area (Å²) in [6, 6.07) is 9.60. The van der Waals surface area contributed by atoms with Crippen molar-refractivity contribution in [2.24, 2.45) is 5.73 Å². The van der Waals surface area contributed by atoms with Crippen LogP contribution < -0.4 is 5.73 Å². The third-order valence-electron chi connectivity index (χ3n) is 2.18. The van der Waals surface area contributed by atoms with Crippen LogP contribution in [0.1, 0.15) is 17.2 Å². The molecule has 0 fully saturated rings. The average Bonchev–Trinajstić information content (AvgIpc) is 2.65. The Morgan fingerprint density at radius 1 is 1.20 bits per heavy atom. The fourth-order valence-corrected chi connectivity index (χ4v) is 2.69. The highest BCUT2D eigenvalue weighted by Crippen LogP contribution is 2.28. The van der Waals surface area contributed by atoms with Crippen molar-refractivity contribution < 1.29 is 0 Å². The van der Waals surface area contributed by atoms with E-state index in [9.17, 15) is 0 Å². The molecular weight excluding hydrogens is 294 g/mol. The van der Waals surface area contributed by atoms with Gasteiger partial charge in [0.25, 0.3) is 0 Å². The van der Waals surface area contributed by atoms with Gasteiger partial charge in [0, 0.05) is 5.02 Å². The van der Waals surface area contributed by atoms with Crippen LogP contribution in [0.3, 0.4) is 0 Å². The highest BCUT2D eigenvalue weighted by molar-refractivity contribution is 9.11. The van der Waals surface area contributed by atoms with Gasteiger partial charge in [-0.3, -0.25) is 0 Å². The lowest BCUT2D eigenvalue weighted by atomic mass is 10.0. The number of thiophene rings is 1. The maximum Gasteiger partial charge on any atom is 0.0701 e. The number of hydrogen-bond donors (Lipinski definition) is 1. The highest BCUT2D eigenvalue weighted by Gasteiger charge is 2.10. The van der Waals surface area contributed by atoms with Gasteiger partial charge in [0.15, 0.2) is 0 Å². The first-order chi connectivity index (χ1) is 7.16. The van der Waals surface area contributed by atoms with E-state index >= 15 is 0 Å². The molecule has 1 nitrogen and oxygen atoms in total. The zero-order valence-electron chi connectivity index (χ0n) is 7.78. The predicted octanol–water partition coefficient (Wildman–Crippen LogP) is 4.21. The van der Waals surface area contributed by atoms with E-state index in [0.717, 1.165) is 19.9 Å². The first kappa shape index (κ1) is 11.1. The van der Waals surface area contributed by atoms with Crippen LogP contribution in [0.2, 0.25) is 5.02 Å². The van der Waals surface area contributed by atoms with Gasteiger partial charge in [0.05, 0.1) is 9.83 Å². The van der Waals surface area contributed by atoms with Gasteiger partial charge in [0.1, 0.15) is 0 Å². The summed E-state index contributed by atoms with van der Waals surface area (Å²) < 4.78 is 1.10. The topological polar surface area (TPSA) is 26.0 Å². The zero-order valence-corrected chi connectivity index (χ0v) is 10.9. The van der Waals surface area contributed by atoms with Crippen LogP contribution in [0.5, 0.6) is 0 Å². The van der Waals surface area contributed by atoms with Crippen molar-refractivity contribution in [2.45, 2.75) is 6.04 Å². The van der Waals surface area contributed by atoms with Gasteiger partial charge in [-0.05, 0) is 50.6 Å². The summed E-state index contributed by atoms with van der Waals surface area (Å²) in [5, 5.41) is 2.79. The Morgan fingerprint density at radius 3 is 2.40 bits per heavy atom. The summed E-state index contributed by atoms with van der Waals surface area (Å²) in [5.74, 6) is 0. The fraction of sp³-hybridized carbons (Fsp3) is 0.0909. The third kappa shape index (κ3) is 2.61. The van der Waals surface area contributed by atoms with E-state index in [1.165, 1.54) is 0 Å². The molecule has 0 radical (unpaired) electrons. The van der Waals surface area contributed by atoms with Gasteiger partial charge < -0.3 is 5.73 Å². The van der Waals surface area contributed by atoms with Crippen LogP contribution in [0, 0.1) is 0 Å². The number of nitrogens with two attached hydrogens (primary N) is 1. The minimum Gasteiger partial charge on any atom is -0.320 e. The minimum absolute atomic E-state index is 0.0789. The molecule has 1 aromatic heterocycles. The van der Waals surface area contributed by atoms with Crippen molar-refractivity contribution >= 4 is 38.9 Å². The Morgan fingerprint density at radius 2 is 1.87 bits per heavy atom. The molecule has 1 aromatic carbocycles. The molecule has 0 amide bonds. The normalized spacial score (nSPS) is 12.7. The molecule has 0 aliphatic carbocycles. The summed E-state index contributed by atoms with van der Waals surface area (Å²) in [4.78, 5) is 0. The van der Waals surface area contributed by atoms with Crippen molar-refractivity contribution in [3.8, 4) is 0 Å². The molecule has 0 saturated heterocycles. The summed E-state index contributed by atoms with van der Waals surface area (Å²) in [7, 11) is 0. The first-order valence-corrected chi connectivity index (χ1v) is 6.47. The smallest absolute Gasteiger partial charge is 0.0701 e. The molecule has 0 bridgehead atoms. The van der Waals surface area contributed by atoms with Gasteiger partial charge in [-0.2, -0.15) is 0 Å². The first-order valence-electron chi connectivity index (χ1n) is 4.42. The van der Waals surface area contributed by atoms with Crippen LogP contribution in [-0.4, -0.2) is 0 Å². The Kier molecular flexibility index (Phi) is 3.46. The molecule has 2 rings (SSSR count). The van der Waals surface area contributed by atoms with Crippen LogP contribution in [0.4, 0.5) is 0 Å². The van der Waals surface area contributed by atoms with Gasteiger partial charge in [0.2, 0.25) is 0 Å². The maximum absolute atomic E-state index is 6.12. The Hall–Kier alpha value is -0.350. The Balaban J connectivity index is 2.28. The Labute approximate surface area is 106 Å². The van der Waals surface area contributed by atoms with Gasteiger partial charge >= 0.3 is 0 Å². The summed E-state index contributed by atoms with van der Waals surface area (Å²) >= 11 is 10.9. The minimum atomic E-state index is -0.0789. The van der Waals surface area contributed by atoms with Crippen LogP contribution >= 0.6 is 38.9 Å². The van der Waals surface area contributed by atoms with Crippen LogP contribution in [0.15, 0.2) is 39.5 Å². The second-order valence-electron chi connectivity index (χ2n) is 3.21. The molecule has 2 N–H and O–H groups in total. The maximum atomic E-state index is 6.12. The van der Waals surface area contributed by atoms with E-state index in [1.807, 2.05) is 30.3 Å². The van der Waals surface area contributed by atoms with Crippen molar-refractivity contribution in [3.05, 3.63) is 55.6 Å². The van der Waals surface area contributed by atoms with Crippen LogP contribution in [-0.2, 0) is 0 Å². The van der Waals surface area contributed by atoms with E-state index in [0.29, 0.717) is 0 Å². The molecule has 1 heterocycles. The number of rotatable bonds is 2. The SMILES string of the molecule is NC(c1ccc(Cl)cc1)c1csc(Br)c1. The van der Waals surface area contributed by atoms with Gasteiger partial charge in [-0.1, -0.05) is 23.7 Å².